The van der Waals surface area contributed by atoms with Crippen LogP contribution in [-0.4, -0.2) is 0 Å². The van der Waals surface area contributed by atoms with Crippen molar-refractivity contribution in [3.8, 4) is 0 Å². The lowest BCUT2D eigenvalue weighted by Crippen LogP contribution is -2.13. The van der Waals surface area contributed by atoms with Gasteiger partial charge in [-0.1, -0.05) is 17.7 Å². The predicted octanol–water partition coefficient (Wildman–Crippen LogP) is 3.73. The minimum absolute atomic E-state index is 0.00381. The van der Waals surface area contributed by atoms with Crippen LogP contribution < -0.4 is 5.73 Å². The van der Waals surface area contributed by atoms with Gasteiger partial charge in [0.15, 0.2) is 0 Å². The zero-order chi connectivity index (χ0) is 11.7. The average Bonchev–Trinajstić information content (AvgIpc) is 2.77. The van der Waals surface area contributed by atoms with Gasteiger partial charge in [-0.3, -0.25) is 0 Å². The summed E-state index contributed by atoms with van der Waals surface area (Å²) in [6.07, 6.45) is 0. The molecule has 84 valence electrons. The molecule has 16 heavy (non-hydrogen) atoms. The van der Waals surface area contributed by atoms with Gasteiger partial charge in [0.2, 0.25) is 0 Å². The van der Waals surface area contributed by atoms with Crippen LogP contribution in [0.3, 0.4) is 0 Å². The Morgan fingerprint density at radius 2 is 1.88 bits per heavy atom. The Morgan fingerprint density at radius 3 is 2.50 bits per heavy atom. The third-order valence-electron chi connectivity index (χ3n) is 2.24. The lowest BCUT2D eigenvalue weighted by atomic mass is 10.1. The maximum Gasteiger partial charge on any atom is 0.142 e. The van der Waals surface area contributed by atoms with Gasteiger partial charge in [0.05, 0.1) is 11.1 Å². The molecule has 0 spiro atoms. The van der Waals surface area contributed by atoms with Crippen molar-refractivity contribution in [2.45, 2.75) is 6.04 Å². The molecule has 0 amide bonds. The smallest absolute Gasteiger partial charge is 0.142 e. The highest BCUT2D eigenvalue weighted by Crippen LogP contribution is 2.32. The summed E-state index contributed by atoms with van der Waals surface area (Å²) in [5.41, 5.74) is 5.85. The molecule has 0 saturated carbocycles. The molecule has 1 nitrogen and oxygen atoms in total. The van der Waals surface area contributed by atoms with Crippen LogP contribution in [0.5, 0.6) is 0 Å². The van der Waals surface area contributed by atoms with Crippen molar-refractivity contribution in [1.82, 2.24) is 0 Å². The Kier molecular flexibility index (Phi) is 3.23. The quantitative estimate of drug-likeness (QED) is 0.817. The summed E-state index contributed by atoms with van der Waals surface area (Å²) in [4.78, 5) is 0.742. The summed E-state index contributed by atoms with van der Waals surface area (Å²) in [6.45, 7) is 0. The summed E-state index contributed by atoms with van der Waals surface area (Å²) in [7, 11) is 0. The number of hydrogen-bond donors (Lipinski definition) is 1. The van der Waals surface area contributed by atoms with E-state index in [2.05, 4.69) is 0 Å². The Morgan fingerprint density at radius 1 is 1.19 bits per heavy atom. The zero-order valence-corrected chi connectivity index (χ0v) is 9.66. The Balaban J connectivity index is 2.52. The Hall–Kier alpha value is -0.970. The minimum Gasteiger partial charge on any atom is -0.319 e. The van der Waals surface area contributed by atoms with Crippen molar-refractivity contribution in [3.63, 3.8) is 0 Å². The van der Waals surface area contributed by atoms with E-state index >= 15 is 0 Å². The van der Waals surface area contributed by atoms with E-state index in [1.807, 2.05) is 5.38 Å². The van der Waals surface area contributed by atoms with Crippen molar-refractivity contribution < 1.29 is 8.78 Å². The summed E-state index contributed by atoms with van der Waals surface area (Å²) in [6, 6.07) is 4.84. The van der Waals surface area contributed by atoms with E-state index in [1.54, 1.807) is 12.1 Å². The fraction of sp³-hybridized carbons (Fsp3) is 0.0909. The maximum atomic E-state index is 13.5. The van der Waals surface area contributed by atoms with Gasteiger partial charge in [-0.05, 0) is 23.6 Å². The van der Waals surface area contributed by atoms with Crippen LogP contribution in [0, 0.1) is 11.6 Å². The first-order valence-corrected chi connectivity index (χ1v) is 5.79. The van der Waals surface area contributed by atoms with Crippen LogP contribution in [0.25, 0.3) is 0 Å². The highest BCUT2D eigenvalue weighted by Gasteiger charge is 2.20. The van der Waals surface area contributed by atoms with Gasteiger partial charge < -0.3 is 5.73 Å². The molecule has 2 aromatic rings. The zero-order valence-electron chi connectivity index (χ0n) is 8.08. The number of halogens is 3. The van der Waals surface area contributed by atoms with E-state index in [0.29, 0.717) is 0 Å². The fourth-order valence-corrected chi connectivity index (χ4v) is 2.45. The molecular weight excluding hydrogens is 252 g/mol. The van der Waals surface area contributed by atoms with Crippen LogP contribution in [0.4, 0.5) is 8.78 Å². The van der Waals surface area contributed by atoms with Crippen molar-refractivity contribution >= 4 is 22.9 Å². The van der Waals surface area contributed by atoms with Gasteiger partial charge in [0, 0.05) is 10.4 Å². The molecule has 0 radical (unpaired) electrons. The molecule has 0 unspecified atom stereocenters. The number of thiophene rings is 1. The topological polar surface area (TPSA) is 26.0 Å². The highest BCUT2D eigenvalue weighted by atomic mass is 35.5. The Labute approximate surface area is 100 Å². The van der Waals surface area contributed by atoms with Gasteiger partial charge in [-0.2, -0.15) is 0 Å². The first-order valence-electron chi connectivity index (χ1n) is 4.53. The van der Waals surface area contributed by atoms with Gasteiger partial charge in [-0.15, -0.1) is 11.3 Å². The molecule has 0 fully saturated rings. The van der Waals surface area contributed by atoms with Gasteiger partial charge in [-0.25, -0.2) is 8.78 Å². The van der Waals surface area contributed by atoms with Crippen molar-refractivity contribution in [2.75, 3.05) is 0 Å². The lowest BCUT2D eigenvalue weighted by molar-refractivity contribution is 0.578. The van der Waals surface area contributed by atoms with Gasteiger partial charge >= 0.3 is 0 Å². The molecule has 0 bridgehead atoms. The van der Waals surface area contributed by atoms with Crippen molar-refractivity contribution in [2.24, 2.45) is 5.73 Å². The molecule has 0 aliphatic heterocycles. The molecule has 5 heteroatoms. The third-order valence-corrected chi connectivity index (χ3v) is 3.58. The van der Waals surface area contributed by atoms with Gasteiger partial charge in [0.1, 0.15) is 11.6 Å². The summed E-state index contributed by atoms with van der Waals surface area (Å²) < 4.78 is 26.8. The molecule has 1 aromatic heterocycles. The number of benzene rings is 1. The first kappa shape index (κ1) is 11.5. The molecule has 0 aliphatic carbocycles. The molecule has 0 saturated heterocycles. The molecule has 2 N–H and O–H groups in total. The molecule has 0 aliphatic rings. The SMILES string of the molecule is N[C@H](c1cccs1)c1c(F)ccc(F)c1Cl. The van der Waals surface area contributed by atoms with Crippen LogP contribution in [0.1, 0.15) is 16.5 Å². The molecular formula is C11H8ClF2NS. The summed E-state index contributed by atoms with van der Waals surface area (Å²) in [5, 5.41) is 1.57. The van der Waals surface area contributed by atoms with E-state index in [0.717, 1.165) is 17.0 Å². The highest BCUT2D eigenvalue weighted by molar-refractivity contribution is 7.10. The van der Waals surface area contributed by atoms with Crippen LogP contribution in [-0.2, 0) is 0 Å². The van der Waals surface area contributed by atoms with E-state index in [4.69, 9.17) is 17.3 Å². The maximum absolute atomic E-state index is 13.5. The fourth-order valence-electron chi connectivity index (χ4n) is 1.44. The first-order chi connectivity index (χ1) is 7.61. The largest absolute Gasteiger partial charge is 0.319 e. The van der Waals surface area contributed by atoms with Crippen molar-refractivity contribution in [3.05, 3.63) is 56.7 Å². The second kappa shape index (κ2) is 4.49. The van der Waals surface area contributed by atoms with Crippen LogP contribution in [0.15, 0.2) is 29.6 Å². The number of rotatable bonds is 2. The van der Waals surface area contributed by atoms with E-state index in [1.165, 1.54) is 11.3 Å². The second-order valence-corrected chi connectivity index (χ2v) is 4.61. The standard InChI is InChI=1S/C11H8ClF2NS/c12-10-7(14)4-3-6(13)9(10)11(15)8-2-1-5-16-8/h1-5,11H,15H2/t11-/m1/s1. The normalized spacial score (nSPS) is 12.8. The van der Waals surface area contributed by atoms with E-state index < -0.39 is 17.7 Å². The number of nitrogens with two attached hydrogens (primary N) is 1. The van der Waals surface area contributed by atoms with E-state index in [-0.39, 0.29) is 10.6 Å². The average molecular weight is 260 g/mol. The number of hydrogen-bond acceptors (Lipinski definition) is 2. The second-order valence-electron chi connectivity index (χ2n) is 3.25. The molecule has 1 heterocycles. The Bertz CT molecular complexity index is 499. The summed E-state index contributed by atoms with van der Waals surface area (Å²) in [5.74, 6) is -1.25. The predicted molar refractivity (Wildman–Crippen MR) is 61.7 cm³/mol. The van der Waals surface area contributed by atoms with E-state index in [9.17, 15) is 8.78 Å². The minimum atomic E-state index is -0.733. The molecule has 1 atom stereocenters. The monoisotopic (exact) mass is 259 g/mol. The van der Waals surface area contributed by atoms with Crippen LogP contribution in [0.2, 0.25) is 5.02 Å². The van der Waals surface area contributed by atoms with Crippen LogP contribution >= 0.6 is 22.9 Å². The molecule has 2 rings (SSSR count). The summed E-state index contributed by atoms with van der Waals surface area (Å²) >= 11 is 7.10. The third kappa shape index (κ3) is 1.96. The van der Waals surface area contributed by atoms with Crippen molar-refractivity contribution in [1.29, 1.82) is 0 Å². The molecule has 1 aromatic carbocycles. The van der Waals surface area contributed by atoms with Gasteiger partial charge in [0.25, 0.3) is 0 Å². The lowest BCUT2D eigenvalue weighted by Gasteiger charge is -2.13.